The number of aromatic carboxylic acids is 1. The standard InChI is InChI=1S/C15H16N2O3S/c1-9-5-3-4-6-11(9)10(2)16-15(20)17-13-12(14(18)19)7-8-21-13/h3-8,10H,1-2H3,(H,18,19)(H2,16,17,20)/t10-/m0/s1. The molecule has 1 aromatic heterocycles. The van der Waals surface area contributed by atoms with Gasteiger partial charge in [-0.25, -0.2) is 9.59 Å². The average Bonchev–Trinajstić information content (AvgIpc) is 2.87. The Kier molecular flexibility index (Phi) is 4.59. The molecule has 0 bridgehead atoms. The summed E-state index contributed by atoms with van der Waals surface area (Å²) in [6.45, 7) is 3.86. The molecule has 0 saturated heterocycles. The van der Waals surface area contributed by atoms with Crippen molar-refractivity contribution in [2.24, 2.45) is 0 Å². The first-order valence-corrected chi connectivity index (χ1v) is 7.31. The predicted molar refractivity (Wildman–Crippen MR) is 83.0 cm³/mol. The summed E-state index contributed by atoms with van der Waals surface area (Å²) in [6.07, 6.45) is 0. The van der Waals surface area contributed by atoms with Crippen LogP contribution in [0.25, 0.3) is 0 Å². The van der Waals surface area contributed by atoms with Gasteiger partial charge in [0.1, 0.15) is 5.00 Å². The number of hydrogen-bond donors (Lipinski definition) is 3. The minimum Gasteiger partial charge on any atom is -0.478 e. The van der Waals surface area contributed by atoms with Gasteiger partial charge < -0.3 is 10.4 Å². The first-order chi connectivity index (χ1) is 9.99. The highest BCUT2D eigenvalue weighted by Crippen LogP contribution is 2.23. The molecule has 2 aromatic rings. The first kappa shape index (κ1) is 15.1. The topological polar surface area (TPSA) is 78.4 Å². The molecule has 0 spiro atoms. The van der Waals surface area contributed by atoms with Gasteiger partial charge in [0.05, 0.1) is 11.6 Å². The second kappa shape index (κ2) is 6.41. The molecule has 1 atom stereocenters. The third-order valence-electron chi connectivity index (χ3n) is 3.13. The van der Waals surface area contributed by atoms with Crippen LogP contribution >= 0.6 is 11.3 Å². The zero-order chi connectivity index (χ0) is 15.4. The van der Waals surface area contributed by atoms with Gasteiger partial charge in [-0.3, -0.25) is 5.32 Å². The molecule has 0 radical (unpaired) electrons. The Hall–Kier alpha value is -2.34. The summed E-state index contributed by atoms with van der Waals surface area (Å²) >= 11 is 1.18. The van der Waals surface area contributed by atoms with Gasteiger partial charge in [-0.1, -0.05) is 24.3 Å². The fraction of sp³-hybridized carbons (Fsp3) is 0.200. The van der Waals surface area contributed by atoms with Gasteiger partial charge in [0, 0.05) is 0 Å². The molecule has 2 amide bonds. The van der Waals surface area contributed by atoms with E-state index < -0.39 is 12.0 Å². The molecule has 0 saturated carbocycles. The molecule has 110 valence electrons. The maximum atomic E-state index is 12.0. The molecular weight excluding hydrogens is 288 g/mol. The number of amides is 2. The Bertz CT molecular complexity index is 666. The number of nitrogens with one attached hydrogen (secondary N) is 2. The van der Waals surface area contributed by atoms with Gasteiger partial charge in [-0.2, -0.15) is 0 Å². The Morgan fingerprint density at radius 1 is 1.24 bits per heavy atom. The number of carboxylic acids is 1. The molecule has 5 nitrogen and oxygen atoms in total. The van der Waals surface area contributed by atoms with Crippen molar-refractivity contribution in [1.82, 2.24) is 5.32 Å². The van der Waals surface area contributed by atoms with Crippen molar-refractivity contribution in [2.45, 2.75) is 19.9 Å². The summed E-state index contributed by atoms with van der Waals surface area (Å²) in [5.74, 6) is -1.06. The lowest BCUT2D eigenvalue weighted by Crippen LogP contribution is -2.31. The molecule has 1 heterocycles. The maximum absolute atomic E-state index is 12.0. The summed E-state index contributed by atoms with van der Waals surface area (Å²) in [6, 6.07) is 8.67. The van der Waals surface area contributed by atoms with Crippen LogP contribution < -0.4 is 10.6 Å². The summed E-state index contributed by atoms with van der Waals surface area (Å²) in [4.78, 5) is 23.0. The van der Waals surface area contributed by atoms with Gasteiger partial charge in [0.2, 0.25) is 0 Å². The van der Waals surface area contributed by atoms with Gasteiger partial charge in [0.25, 0.3) is 0 Å². The van der Waals surface area contributed by atoms with Crippen LogP contribution in [-0.4, -0.2) is 17.1 Å². The summed E-state index contributed by atoms with van der Waals surface area (Å²) < 4.78 is 0. The van der Waals surface area contributed by atoms with E-state index in [-0.39, 0.29) is 11.6 Å². The summed E-state index contributed by atoms with van der Waals surface area (Å²) in [5.41, 5.74) is 2.21. The third kappa shape index (κ3) is 3.61. The van der Waals surface area contributed by atoms with E-state index in [4.69, 9.17) is 5.11 Å². The van der Waals surface area contributed by atoms with Crippen LogP contribution in [0.4, 0.5) is 9.80 Å². The molecule has 0 unspecified atom stereocenters. The van der Waals surface area contributed by atoms with E-state index in [2.05, 4.69) is 10.6 Å². The zero-order valence-electron chi connectivity index (χ0n) is 11.7. The van der Waals surface area contributed by atoms with Gasteiger partial charge in [-0.05, 0) is 36.4 Å². The minimum atomic E-state index is -1.06. The molecule has 2 rings (SSSR count). The first-order valence-electron chi connectivity index (χ1n) is 6.43. The Balaban J connectivity index is 2.03. The molecule has 0 aliphatic carbocycles. The summed E-state index contributed by atoms with van der Waals surface area (Å²) in [7, 11) is 0. The number of rotatable bonds is 4. The lowest BCUT2D eigenvalue weighted by molar-refractivity contribution is 0.0698. The van der Waals surface area contributed by atoms with Crippen molar-refractivity contribution >= 4 is 28.3 Å². The second-order valence-corrected chi connectivity index (χ2v) is 5.56. The molecule has 0 aliphatic rings. The van der Waals surface area contributed by atoms with Crippen molar-refractivity contribution in [1.29, 1.82) is 0 Å². The number of urea groups is 1. The Morgan fingerprint density at radius 3 is 2.62 bits per heavy atom. The fourth-order valence-corrected chi connectivity index (χ4v) is 2.83. The number of hydrogen-bond acceptors (Lipinski definition) is 3. The molecule has 0 fully saturated rings. The highest BCUT2D eigenvalue weighted by Gasteiger charge is 2.16. The van der Waals surface area contributed by atoms with E-state index in [0.29, 0.717) is 5.00 Å². The number of aryl methyl sites for hydroxylation is 1. The number of carbonyl (C=O) groups excluding carboxylic acids is 1. The van der Waals surface area contributed by atoms with Gasteiger partial charge >= 0.3 is 12.0 Å². The fourth-order valence-electron chi connectivity index (χ4n) is 2.06. The van der Waals surface area contributed by atoms with E-state index in [1.54, 1.807) is 5.38 Å². The van der Waals surface area contributed by atoms with E-state index >= 15 is 0 Å². The van der Waals surface area contributed by atoms with Gasteiger partial charge in [-0.15, -0.1) is 11.3 Å². The van der Waals surface area contributed by atoms with Crippen molar-refractivity contribution in [3.8, 4) is 0 Å². The highest BCUT2D eigenvalue weighted by atomic mass is 32.1. The lowest BCUT2D eigenvalue weighted by atomic mass is 10.0. The van der Waals surface area contributed by atoms with Crippen LogP contribution in [0, 0.1) is 6.92 Å². The molecule has 21 heavy (non-hydrogen) atoms. The number of benzene rings is 1. The monoisotopic (exact) mass is 304 g/mol. The SMILES string of the molecule is Cc1ccccc1[C@H](C)NC(=O)Nc1sccc1C(=O)O. The predicted octanol–water partition coefficient (Wildman–Crippen LogP) is 3.64. The van der Waals surface area contributed by atoms with E-state index in [1.165, 1.54) is 17.4 Å². The number of anilines is 1. The molecular formula is C15H16N2O3S. The van der Waals surface area contributed by atoms with Gasteiger partial charge in [0.15, 0.2) is 0 Å². The van der Waals surface area contributed by atoms with Crippen molar-refractivity contribution < 1.29 is 14.7 Å². The van der Waals surface area contributed by atoms with Crippen LogP contribution in [0.3, 0.4) is 0 Å². The molecule has 6 heteroatoms. The summed E-state index contributed by atoms with van der Waals surface area (Å²) in [5, 5.41) is 16.3. The smallest absolute Gasteiger partial charge is 0.338 e. The van der Waals surface area contributed by atoms with E-state index in [0.717, 1.165) is 11.1 Å². The van der Waals surface area contributed by atoms with E-state index in [9.17, 15) is 9.59 Å². The number of thiophene rings is 1. The highest BCUT2D eigenvalue weighted by molar-refractivity contribution is 7.14. The van der Waals surface area contributed by atoms with Crippen molar-refractivity contribution in [2.75, 3.05) is 5.32 Å². The zero-order valence-corrected chi connectivity index (χ0v) is 12.5. The quantitative estimate of drug-likeness (QED) is 0.807. The molecule has 0 aliphatic heterocycles. The van der Waals surface area contributed by atoms with Crippen LogP contribution in [0.2, 0.25) is 0 Å². The average molecular weight is 304 g/mol. The largest absolute Gasteiger partial charge is 0.478 e. The lowest BCUT2D eigenvalue weighted by Gasteiger charge is -2.16. The second-order valence-electron chi connectivity index (χ2n) is 4.65. The normalized spacial score (nSPS) is 11.7. The molecule has 1 aromatic carbocycles. The number of carbonyl (C=O) groups is 2. The maximum Gasteiger partial charge on any atom is 0.338 e. The van der Waals surface area contributed by atoms with Crippen LogP contribution in [0.15, 0.2) is 35.7 Å². The number of carboxylic acid groups (broad SMARTS) is 1. The minimum absolute atomic E-state index is 0.0960. The van der Waals surface area contributed by atoms with Crippen LogP contribution in [-0.2, 0) is 0 Å². The Morgan fingerprint density at radius 2 is 1.95 bits per heavy atom. The molecule has 3 N–H and O–H groups in total. The third-order valence-corrected chi connectivity index (χ3v) is 3.96. The van der Waals surface area contributed by atoms with Crippen molar-refractivity contribution in [3.05, 3.63) is 52.4 Å². The van der Waals surface area contributed by atoms with E-state index in [1.807, 2.05) is 38.1 Å². The van der Waals surface area contributed by atoms with Crippen molar-refractivity contribution in [3.63, 3.8) is 0 Å². The van der Waals surface area contributed by atoms with Crippen LogP contribution in [0.5, 0.6) is 0 Å². The van der Waals surface area contributed by atoms with Crippen LogP contribution in [0.1, 0.15) is 34.5 Å². The Labute approximate surface area is 126 Å².